The Morgan fingerprint density at radius 2 is 1.50 bits per heavy atom. The Bertz CT molecular complexity index is 557. The number of benzene rings is 2. The lowest BCUT2D eigenvalue weighted by atomic mass is 9.82. The number of rotatable bonds is 2. The fourth-order valence-corrected chi connectivity index (χ4v) is 2.87. The van der Waals surface area contributed by atoms with Gasteiger partial charge in [0.25, 0.3) is 0 Å². The molecule has 104 valence electrons. The standard InChI is InChI=1S/C17H19FN2/c18-15-8-6-14(7-9-15)17(19)10-12-20(13-11-17)16-4-2-1-3-5-16/h1-9H,10-13,19H2. The van der Waals surface area contributed by atoms with E-state index in [0.717, 1.165) is 31.5 Å². The monoisotopic (exact) mass is 270 g/mol. The molecule has 0 atom stereocenters. The second-order valence-electron chi connectivity index (χ2n) is 5.49. The normalized spacial score (nSPS) is 18.0. The van der Waals surface area contributed by atoms with Crippen LogP contribution in [0.25, 0.3) is 0 Å². The Kier molecular flexibility index (Phi) is 3.45. The van der Waals surface area contributed by atoms with Crippen molar-refractivity contribution in [3.8, 4) is 0 Å². The Hall–Kier alpha value is -1.87. The summed E-state index contributed by atoms with van der Waals surface area (Å²) in [6.07, 6.45) is 1.76. The van der Waals surface area contributed by atoms with E-state index in [1.165, 1.54) is 17.8 Å². The topological polar surface area (TPSA) is 29.3 Å². The molecule has 0 spiro atoms. The minimum Gasteiger partial charge on any atom is -0.371 e. The first-order valence-electron chi connectivity index (χ1n) is 7.02. The molecule has 1 heterocycles. The average molecular weight is 270 g/mol. The van der Waals surface area contributed by atoms with Crippen LogP contribution in [0.1, 0.15) is 18.4 Å². The highest BCUT2D eigenvalue weighted by Gasteiger charge is 2.32. The Morgan fingerprint density at radius 3 is 2.10 bits per heavy atom. The third-order valence-corrected chi connectivity index (χ3v) is 4.20. The number of piperidine rings is 1. The van der Waals surface area contributed by atoms with Crippen LogP contribution in [0.2, 0.25) is 0 Å². The average Bonchev–Trinajstić information content (AvgIpc) is 2.49. The van der Waals surface area contributed by atoms with Gasteiger partial charge in [0.05, 0.1) is 0 Å². The van der Waals surface area contributed by atoms with Gasteiger partial charge in [-0.05, 0) is 42.7 Å². The first kappa shape index (κ1) is 13.1. The molecule has 0 bridgehead atoms. The SMILES string of the molecule is NC1(c2ccc(F)cc2)CCN(c2ccccc2)CC1. The van der Waals surface area contributed by atoms with E-state index in [9.17, 15) is 4.39 Å². The molecule has 0 aromatic heterocycles. The quantitative estimate of drug-likeness (QED) is 0.907. The molecule has 0 amide bonds. The van der Waals surface area contributed by atoms with Gasteiger partial charge in [-0.25, -0.2) is 4.39 Å². The number of anilines is 1. The molecule has 0 aliphatic carbocycles. The van der Waals surface area contributed by atoms with Crippen LogP contribution < -0.4 is 10.6 Å². The lowest BCUT2D eigenvalue weighted by Crippen LogP contribution is -2.48. The van der Waals surface area contributed by atoms with E-state index in [-0.39, 0.29) is 11.4 Å². The van der Waals surface area contributed by atoms with Gasteiger partial charge in [-0.3, -0.25) is 0 Å². The molecule has 0 unspecified atom stereocenters. The molecule has 2 N–H and O–H groups in total. The van der Waals surface area contributed by atoms with Crippen LogP contribution in [0.4, 0.5) is 10.1 Å². The molecule has 1 fully saturated rings. The fourth-order valence-electron chi connectivity index (χ4n) is 2.87. The van der Waals surface area contributed by atoms with Crippen molar-refractivity contribution in [3.63, 3.8) is 0 Å². The molecular formula is C17H19FN2. The zero-order valence-corrected chi connectivity index (χ0v) is 11.4. The number of nitrogens with zero attached hydrogens (tertiary/aromatic N) is 1. The van der Waals surface area contributed by atoms with Gasteiger partial charge in [0.1, 0.15) is 5.82 Å². The number of hydrogen-bond acceptors (Lipinski definition) is 2. The van der Waals surface area contributed by atoms with Crippen molar-refractivity contribution in [2.45, 2.75) is 18.4 Å². The van der Waals surface area contributed by atoms with Gasteiger partial charge in [-0.2, -0.15) is 0 Å². The van der Waals surface area contributed by atoms with E-state index in [0.29, 0.717) is 0 Å². The molecule has 3 rings (SSSR count). The van der Waals surface area contributed by atoms with Crippen LogP contribution in [0.3, 0.4) is 0 Å². The minimum atomic E-state index is -0.334. The second kappa shape index (κ2) is 5.25. The van der Waals surface area contributed by atoms with E-state index in [1.54, 1.807) is 0 Å². The van der Waals surface area contributed by atoms with Crippen molar-refractivity contribution in [1.29, 1.82) is 0 Å². The lowest BCUT2D eigenvalue weighted by Gasteiger charge is -2.40. The van der Waals surface area contributed by atoms with Gasteiger partial charge in [0, 0.05) is 24.3 Å². The van der Waals surface area contributed by atoms with Gasteiger partial charge in [-0.15, -0.1) is 0 Å². The molecule has 2 aromatic rings. The summed E-state index contributed by atoms with van der Waals surface area (Å²) in [6, 6.07) is 17.0. The van der Waals surface area contributed by atoms with Crippen molar-refractivity contribution in [1.82, 2.24) is 0 Å². The van der Waals surface area contributed by atoms with Crippen LogP contribution in [0.5, 0.6) is 0 Å². The van der Waals surface area contributed by atoms with Gasteiger partial charge >= 0.3 is 0 Å². The summed E-state index contributed by atoms with van der Waals surface area (Å²) >= 11 is 0. The third-order valence-electron chi connectivity index (χ3n) is 4.20. The molecule has 1 aliphatic rings. The fraction of sp³-hybridized carbons (Fsp3) is 0.294. The highest BCUT2D eigenvalue weighted by Crippen LogP contribution is 2.32. The van der Waals surface area contributed by atoms with Crippen LogP contribution in [-0.4, -0.2) is 13.1 Å². The summed E-state index contributed by atoms with van der Waals surface area (Å²) in [4.78, 5) is 2.36. The summed E-state index contributed by atoms with van der Waals surface area (Å²) in [5, 5.41) is 0. The zero-order valence-electron chi connectivity index (χ0n) is 11.4. The molecule has 2 nitrogen and oxygen atoms in total. The predicted octanol–water partition coefficient (Wildman–Crippen LogP) is 3.28. The minimum absolute atomic E-state index is 0.209. The maximum absolute atomic E-state index is 13.0. The first-order chi connectivity index (χ1) is 9.67. The third kappa shape index (κ3) is 2.54. The Balaban J connectivity index is 1.73. The van der Waals surface area contributed by atoms with Crippen LogP contribution in [0, 0.1) is 5.82 Å². The number of para-hydroxylation sites is 1. The molecule has 1 saturated heterocycles. The summed E-state index contributed by atoms with van der Waals surface area (Å²) < 4.78 is 13.0. The van der Waals surface area contributed by atoms with Crippen molar-refractivity contribution in [2.24, 2.45) is 5.73 Å². The smallest absolute Gasteiger partial charge is 0.123 e. The summed E-state index contributed by atoms with van der Waals surface area (Å²) in [7, 11) is 0. The van der Waals surface area contributed by atoms with E-state index in [4.69, 9.17) is 5.73 Å². The Labute approximate surface area is 119 Å². The predicted molar refractivity (Wildman–Crippen MR) is 80.2 cm³/mol. The molecule has 2 aromatic carbocycles. The maximum atomic E-state index is 13.0. The highest BCUT2D eigenvalue weighted by molar-refractivity contribution is 5.47. The number of nitrogens with two attached hydrogens (primary N) is 1. The van der Waals surface area contributed by atoms with Gasteiger partial charge in [-0.1, -0.05) is 30.3 Å². The van der Waals surface area contributed by atoms with E-state index < -0.39 is 0 Å². The second-order valence-corrected chi connectivity index (χ2v) is 5.49. The lowest BCUT2D eigenvalue weighted by molar-refractivity contribution is 0.342. The van der Waals surface area contributed by atoms with Crippen molar-refractivity contribution >= 4 is 5.69 Å². The largest absolute Gasteiger partial charge is 0.371 e. The molecule has 20 heavy (non-hydrogen) atoms. The van der Waals surface area contributed by atoms with Crippen molar-refractivity contribution in [2.75, 3.05) is 18.0 Å². The van der Waals surface area contributed by atoms with Crippen molar-refractivity contribution in [3.05, 3.63) is 66.0 Å². The molecule has 0 radical (unpaired) electrons. The van der Waals surface area contributed by atoms with Crippen molar-refractivity contribution < 1.29 is 4.39 Å². The first-order valence-corrected chi connectivity index (χ1v) is 7.02. The van der Waals surface area contributed by atoms with Gasteiger partial charge in [0.15, 0.2) is 0 Å². The maximum Gasteiger partial charge on any atom is 0.123 e. The molecule has 3 heteroatoms. The number of hydrogen-bond donors (Lipinski definition) is 1. The zero-order chi connectivity index (χ0) is 14.0. The molecule has 0 saturated carbocycles. The summed E-state index contributed by atoms with van der Waals surface area (Å²) in [6.45, 7) is 1.86. The van der Waals surface area contributed by atoms with E-state index >= 15 is 0 Å². The molecular weight excluding hydrogens is 251 g/mol. The van der Waals surface area contributed by atoms with Gasteiger partial charge < -0.3 is 10.6 Å². The number of halogens is 1. The van der Waals surface area contributed by atoms with Gasteiger partial charge in [0.2, 0.25) is 0 Å². The summed E-state index contributed by atoms with van der Waals surface area (Å²) in [5.41, 5.74) is 8.47. The summed E-state index contributed by atoms with van der Waals surface area (Å²) in [5.74, 6) is -0.209. The Morgan fingerprint density at radius 1 is 0.900 bits per heavy atom. The van der Waals surface area contributed by atoms with Crippen LogP contribution >= 0.6 is 0 Å². The van der Waals surface area contributed by atoms with E-state index in [2.05, 4.69) is 29.2 Å². The van der Waals surface area contributed by atoms with Crippen LogP contribution in [-0.2, 0) is 5.54 Å². The van der Waals surface area contributed by atoms with Crippen LogP contribution in [0.15, 0.2) is 54.6 Å². The highest BCUT2D eigenvalue weighted by atomic mass is 19.1. The molecule has 1 aliphatic heterocycles. The van der Waals surface area contributed by atoms with E-state index in [1.807, 2.05) is 18.2 Å².